The molecule has 2 aromatic rings. The molecule has 0 radical (unpaired) electrons. The van der Waals surface area contributed by atoms with Gasteiger partial charge in [-0.2, -0.15) is 4.98 Å². The lowest BCUT2D eigenvalue weighted by molar-refractivity contribution is -0.385. The molecular weight excluding hydrogens is 336 g/mol. The number of rotatable bonds is 6. The molecule has 0 amide bonds. The monoisotopic (exact) mass is 356 g/mol. The molecule has 26 heavy (non-hydrogen) atoms. The minimum absolute atomic E-state index is 0.0258. The molecule has 1 N–H and O–H groups in total. The Morgan fingerprint density at radius 1 is 1.27 bits per heavy atom. The standard InChI is InChI=1S/C18H20N4O4/c1-12(23)13-6-5-7-14(10-13)21-17-16(22(24)25)18(20-11-19-17)26-15-8-3-2-4-9-15/h5-7,10-11,15H,2-4,8-9H2,1H3,(H,19,20,21). The molecule has 1 aromatic heterocycles. The van der Waals surface area contributed by atoms with E-state index in [-0.39, 0.29) is 29.3 Å². The number of benzene rings is 1. The third-order valence-corrected chi connectivity index (χ3v) is 4.33. The van der Waals surface area contributed by atoms with E-state index in [4.69, 9.17) is 4.74 Å². The van der Waals surface area contributed by atoms with E-state index in [1.54, 1.807) is 24.3 Å². The summed E-state index contributed by atoms with van der Waals surface area (Å²) >= 11 is 0. The molecule has 0 spiro atoms. The lowest BCUT2D eigenvalue weighted by atomic mass is 9.98. The smallest absolute Gasteiger partial charge is 0.373 e. The van der Waals surface area contributed by atoms with Crippen LogP contribution in [0.1, 0.15) is 49.4 Å². The van der Waals surface area contributed by atoms with Crippen LogP contribution in [-0.2, 0) is 0 Å². The van der Waals surface area contributed by atoms with E-state index in [9.17, 15) is 14.9 Å². The van der Waals surface area contributed by atoms with Crippen LogP contribution in [0.2, 0.25) is 0 Å². The van der Waals surface area contributed by atoms with Gasteiger partial charge in [-0.3, -0.25) is 14.9 Å². The Morgan fingerprint density at radius 2 is 2.04 bits per heavy atom. The first-order valence-corrected chi connectivity index (χ1v) is 8.58. The van der Waals surface area contributed by atoms with Crippen molar-refractivity contribution in [1.82, 2.24) is 9.97 Å². The largest absolute Gasteiger partial charge is 0.469 e. The molecule has 136 valence electrons. The molecular formula is C18H20N4O4. The topological polar surface area (TPSA) is 107 Å². The molecule has 0 aliphatic heterocycles. The molecule has 1 aliphatic rings. The van der Waals surface area contributed by atoms with E-state index < -0.39 is 4.92 Å². The number of carbonyl (C=O) groups excluding carboxylic acids is 1. The second kappa shape index (κ2) is 7.90. The van der Waals surface area contributed by atoms with Crippen molar-refractivity contribution in [3.05, 3.63) is 46.3 Å². The summed E-state index contributed by atoms with van der Waals surface area (Å²) in [5.41, 5.74) is 0.736. The lowest BCUT2D eigenvalue weighted by Gasteiger charge is -2.22. The minimum Gasteiger partial charge on any atom is -0.469 e. The Morgan fingerprint density at radius 3 is 2.73 bits per heavy atom. The Kier molecular flexibility index (Phi) is 5.40. The van der Waals surface area contributed by atoms with Crippen LogP contribution in [0.3, 0.4) is 0 Å². The summed E-state index contributed by atoms with van der Waals surface area (Å²) < 4.78 is 5.80. The van der Waals surface area contributed by atoms with E-state index in [0.717, 1.165) is 32.1 Å². The first-order chi connectivity index (χ1) is 12.5. The first-order valence-electron chi connectivity index (χ1n) is 8.58. The predicted octanol–water partition coefficient (Wildman–Crippen LogP) is 4.04. The number of ether oxygens (including phenoxy) is 1. The first kappa shape index (κ1) is 17.8. The van der Waals surface area contributed by atoms with Crippen LogP contribution in [0.25, 0.3) is 0 Å². The van der Waals surface area contributed by atoms with E-state index in [0.29, 0.717) is 11.3 Å². The van der Waals surface area contributed by atoms with Crippen molar-refractivity contribution in [3.63, 3.8) is 0 Å². The highest BCUT2D eigenvalue weighted by molar-refractivity contribution is 5.95. The Bertz CT molecular complexity index is 819. The molecule has 1 aromatic carbocycles. The van der Waals surface area contributed by atoms with Crippen molar-refractivity contribution in [3.8, 4) is 5.88 Å². The fourth-order valence-electron chi connectivity index (χ4n) is 3.00. The molecule has 8 heteroatoms. The third kappa shape index (κ3) is 4.14. The summed E-state index contributed by atoms with van der Waals surface area (Å²) in [6.45, 7) is 1.46. The van der Waals surface area contributed by atoms with Crippen LogP contribution in [-0.4, -0.2) is 26.8 Å². The predicted molar refractivity (Wildman–Crippen MR) is 95.9 cm³/mol. The fraction of sp³-hybridized carbons (Fsp3) is 0.389. The molecule has 1 saturated carbocycles. The maximum Gasteiger partial charge on any atom is 0.373 e. The number of anilines is 2. The van der Waals surface area contributed by atoms with Crippen molar-refractivity contribution in [2.45, 2.75) is 45.1 Å². The van der Waals surface area contributed by atoms with Crippen molar-refractivity contribution in [1.29, 1.82) is 0 Å². The quantitative estimate of drug-likeness (QED) is 0.473. The molecule has 0 atom stereocenters. The summed E-state index contributed by atoms with van der Waals surface area (Å²) in [4.78, 5) is 30.5. The van der Waals surface area contributed by atoms with Gasteiger partial charge in [0.05, 0.1) is 4.92 Å². The second-order valence-corrected chi connectivity index (χ2v) is 6.27. The van der Waals surface area contributed by atoms with Gasteiger partial charge in [-0.1, -0.05) is 18.6 Å². The van der Waals surface area contributed by atoms with Gasteiger partial charge in [0.2, 0.25) is 5.82 Å². The summed E-state index contributed by atoms with van der Waals surface area (Å²) in [6, 6.07) is 6.71. The molecule has 3 rings (SSSR count). The van der Waals surface area contributed by atoms with E-state index in [1.165, 1.54) is 13.3 Å². The van der Waals surface area contributed by atoms with Gasteiger partial charge in [0.25, 0.3) is 5.88 Å². The van der Waals surface area contributed by atoms with Crippen molar-refractivity contribution < 1.29 is 14.5 Å². The number of nitrogens with one attached hydrogen (secondary N) is 1. The molecule has 1 heterocycles. The van der Waals surface area contributed by atoms with Gasteiger partial charge in [-0.15, -0.1) is 0 Å². The van der Waals surface area contributed by atoms with Gasteiger partial charge in [-0.05, 0) is 44.7 Å². The van der Waals surface area contributed by atoms with Gasteiger partial charge in [0, 0.05) is 11.3 Å². The average Bonchev–Trinajstić information content (AvgIpc) is 2.62. The molecule has 1 fully saturated rings. The molecule has 8 nitrogen and oxygen atoms in total. The number of nitro groups is 1. The highest BCUT2D eigenvalue weighted by Crippen LogP contribution is 2.35. The zero-order valence-electron chi connectivity index (χ0n) is 14.5. The van der Waals surface area contributed by atoms with Crippen LogP contribution in [0.4, 0.5) is 17.2 Å². The molecule has 1 aliphatic carbocycles. The SMILES string of the molecule is CC(=O)c1cccc(Nc2ncnc(OC3CCCCC3)c2[N+](=O)[O-])c1. The van der Waals surface area contributed by atoms with Gasteiger partial charge in [0.1, 0.15) is 12.4 Å². The number of Topliss-reactive ketones (excluding diaryl/α,β-unsaturated/α-hetero) is 1. The number of hydrogen-bond acceptors (Lipinski definition) is 7. The van der Waals surface area contributed by atoms with E-state index in [2.05, 4.69) is 15.3 Å². The Balaban J connectivity index is 1.89. The Labute approximate surface area is 150 Å². The van der Waals surface area contributed by atoms with Crippen molar-refractivity contribution in [2.24, 2.45) is 0 Å². The summed E-state index contributed by atoms with van der Waals surface area (Å²) in [7, 11) is 0. The number of nitrogens with zero attached hydrogens (tertiary/aromatic N) is 3. The fourth-order valence-corrected chi connectivity index (χ4v) is 3.00. The minimum atomic E-state index is -0.546. The summed E-state index contributed by atoms with van der Waals surface area (Å²) in [6.07, 6.45) is 6.16. The van der Waals surface area contributed by atoms with Gasteiger partial charge in [0.15, 0.2) is 5.78 Å². The highest BCUT2D eigenvalue weighted by atomic mass is 16.6. The van der Waals surface area contributed by atoms with Crippen molar-refractivity contribution >= 4 is 23.0 Å². The summed E-state index contributed by atoms with van der Waals surface area (Å²) in [5, 5.41) is 14.5. The molecule has 0 unspecified atom stereocenters. The summed E-state index contributed by atoms with van der Waals surface area (Å²) in [5.74, 6) is -0.0780. The van der Waals surface area contributed by atoms with Crippen molar-refractivity contribution in [2.75, 3.05) is 5.32 Å². The zero-order valence-corrected chi connectivity index (χ0v) is 14.5. The van der Waals surface area contributed by atoms with Crippen LogP contribution in [0, 0.1) is 10.1 Å². The van der Waals surface area contributed by atoms with Crippen LogP contribution in [0.15, 0.2) is 30.6 Å². The number of hydrogen-bond donors (Lipinski definition) is 1. The highest BCUT2D eigenvalue weighted by Gasteiger charge is 2.27. The average molecular weight is 356 g/mol. The van der Waals surface area contributed by atoms with Crippen LogP contribution >= 0.6 is 0 Å². The second-order valence-electron chi connectivity index (χ2n) is 6.27. The van der Waals surface area contributed by atoms with Gasteiger partial charge >= 0.3 is 5.69 Å². The lowest BCUT2D eigenvalue weighted by Crippen LogP contribution is -2.21. The van der Waals surface area contributed by atoms with Crippen LogP contribution < -0.4 is 10.1 Å². The van der Waals surface area contributed by atoms with Gasteiger partial charge in [-0.25, -0.2) is 4.98 Å². The number of ketones is 1. The third-order valence-electron chi connectivity index (χ3n) is 4.33. The Hall–Kier alpha value is -3.03. The normalized spacial score (nSPS) is 14.7. The van der Waals surface area contributed by atoms with E-state index in [1.807, 2.05) is 0 Å². The zero-order chi connectivity index (χ0) is 18.5. The maximum atomic E-state index is 11.6. The molecule has 0 saturated heterocycles. The number of carbonyl (C=O) groups is 1. The molecule has 0 bridgehead atoms. The van der Waals surface area contributed by atoms with Crippen LogP contribution in [0.5, 0.6) is 5.88 Å². The maximum absolute atomic E-state index is 11.6. The van der Waals surface area contributed by atoms with E-state index >= 15 is 0 Å². The number of aromatic nitrogens is 2. The van der Waals surface area contributed by atoms with Gasteiger partial charge < -0.3 is 10.1 Å².